The number of sulfone groups is 1. The first kappa shape index (κ1) is 15.6. The van der Waals surface area contributed by atoms with Crippen molar-refractivity contribution in [3.8, 4) is 5.75 Å². The minimum atomic E-state index is -2.90. The molecule has 0 saturated carbocycles. The highest BCUT2D eigenvalue weighted by Crippen LogP contribution is 2.18. The second-order valence-corrected chi connectivity index (χ2v) is 7.29. The van der Waals surface area contributed by atoms with Gasteiger partial charge in [0, 0.05) is 12.2 Å². The molecule has 1 atom stereocenters. The molecule has 0 aromatic heterocycles. The summed E-state index contributed by atoms with van der Waals surface area (Å²) in [4.78, 5) is 11.7. The third-order valence-corrected chi connectivity index (χ3v) is 5.14. The number of urea groups is 1. The van der Waals surface area contributed by atoms with Gasteiger partial charge in [0.15, 0.2) is 9.84 Å². The average Bonchev–Trinajstić information content (AvgIpc) is 2.79. The normalized spacial score (nSPS) is 20.0. The Morgan fingerprint density at radius 2 is 2.05 bits per heavy atom. The number of rotatable bonds is 5. The molecule has 1 unspecified atom stereocenters. The molecular formula is C14H20N2O4S. The van der Waals surface area contributed by atoms with Crippen molar-refractivity contribution in [2.75, 3.05) is 30.0 Å². The summed E-state index contributed by atoms with van der Waals surface area (Å²) in [5.74, 6) is 1.15. The van der Waals surface area contributed by atoms with Crippen LogP contribution >= 0.6 is 0 Å². The molecule has 1 aliphatic heterocycles. The smallest absolute Gasteiger partial charge is 0.319 e. The maximum atomic E-state index is 11.7. The van der Waals surface area contributed by atoms with E-state index in [1.807, 2.05) is 6.92 Å². The summed E-state index contributed by atoms with van der Waals surface area (Å²) in [6, 6.07) is 6.74. The molecular weight excluding hydrogens is 292 g/mol. The zero-order chi connectivity index (χ0) is 15.3. The molecule has 1 aromatic carbocycles. The Morgan fingerprint density at radius 3 is 2.62 bits per heavy atom. The van der Waals surface area contributed by atoms with Gasteiger partial charge in [-0.15, -0.1) is 0 Å². The topological polar surface area (TPSA) is 84.5 Å². The van der Waals surface area contributed by atoms with Crippen molar-refractivity contribution in [2.24, 2.45) is 5.92 Å². The third-order valence-electron chi connectivity index (χ3n) is 3.30. The number of hydrogen-bond donors (Lipinski definition) is 2. The molecule has 6 nitrogen and oxygen atoms in total. The number of carbonyl (C=O) groups is 1. The van der Waals surface area contributed by atoms with Crippen LogP contribution in [0.25, 0.3) is 0 Å². The number of hydrogen-bond acceptors (Lipinski definition) is 4. The number of anilines is 1. The van der Waals surface area contributed by atoms with E-state index in [4.69, 9.17) is 4.74 Å². The van der Waals surface area contributed by atoms with Crippen molar-refractivity contribution in [1.82, 2.24) is 5.32 Å². The standard InChI is InChI=1S/C14H20N2O4S/c1-2-20-13-5-3-12(4-6-13)16-14(17)15-9-11-7-8-21(18,19)10-11/h3-6,11H,2,7-10H2,1H3,(H2,15,16,17). The number of nitrogens with one attached hydrogen (secondary N) is 2. The number of amides is 2. The fourth-order valence-electron chi connectivity index (χ4n) is 2.25. The molecule has 1 saturated heterocycles. The summed E-state index contributed by atoms with van der Waals surface area (Å²) in [5, 5.41) is 5.41. The van der Waals surface area contributed by atoms with E-state index < -0.39 is 9.84 Å². The van der Waals surface area contributed by atoms with Gasteiger partial charge in [0.05, 0.1) is 18.1 Å². The molecule has 2 N–H and O–H groups in total. The van der Waals surface area contributed by atoms with Crippen molar-refractivity contribution in [1.29, 1.82) is 0 Å². The Kier molecular flexibility index (Phi) is 5.06. The number of benzene rings is 1. The molecule has 1 aromatic rings. The molecule has 1 aliphatic rings. The molecule has 7 heteroatoms. The molecule has 21 heavy (non-hydrogen) atoms. The minimum absolute atomic E-state index is 0.0149. The minimum Gasteiger partial charge on any atom is -0.494 e. The molecule has 1 fully saturated rings. The second-order valence-electron chi connectivity index (χ2n) is 5.06. The van der Waals surface area contributed by atoms with Crippen LogP contribution in [0.15, 0.2) is 24.3 Å². The maximum absolute atomic E-state index is 11.7. The Bertz CT molecular complexity index is 583. The lowest BCUT2D eigenvalue weighted by molar-refractivity contribution is 0.250. The van der Waals surface area contributed by atoms with Crippen LogP contribution in [0, 0.1) is 5.92 Å². The van der Waals surface area contributed by atoms with Gasteiger partial charge in [-0.25, -0.2) is 13.2 Å². The lowest BCUT2D eigenvalue weighted by Gasteiger charge is -2.11. The predicted octanol–water partition coefficient (Wildman–Crippen LogP) is 1.64. The van der Waals surface area contributed by atoms with Crippen LogP contribution in [-0.4, -0.2) is 39.1 Å². The van der Waals surface area contributed by atoms with Gasteiger partial charge in [0.2, 0.25) is 0 Å². The van der Waals surface area contributed by atoms with Crippen LogP contribution in [0.1, 0.15) is 13.3 Å². The summed E-state index contributed by atoms with van der Waals surface area (Å²) in [5.41, 5.74) is 0.662. The fourth-order valence-corrected chi connectivity index (χ4v) is 4.11. The van der Waals surface area contributed by atoms with E-state index in [1.165, 1.54) is 0 Å². The molecule has 0 bridgehead atoms. The molecule has 1 heterocycles. The van der Waals surface area contributed by atoms with Gasteiger partial charge in [0.25, 0.3) is 0 Å². The zero-order valence-corrected chi connectivity index (χ0v) is 12.8. The summed E-state index contributed by atoms with van der Waals surface area (Å²) in [6.07, 6.45) is 0.617. The fraction of sp³-hybridized carbons (Fsp3) is 0.500. The molecule has 0 spiro atoms. The SMILES string of the molecule is CCOc1ccc(NC(=O)NCC2CCS(=O)(=O)C2)cc1. The van der Waals surface area contributed by atoms with Crippen molar-refractivity contribution in [3.05, 3.63) is 24.3 Å². The van der Waals surface area contributed by atoms with Crippen LogP contribution < -0.4 is 15.4 Å². The molecule has 2 rings (SSSR count). The first-order valence-electron chi connectivity index (χ1n) is 6.96. The molecule has 0 radical (unpaired) electrons. The van der Waals surface area contributed by atoms with Crippen LogP contribution in [0.4, 0.5) is 10.5 Å². The van der Waals surface area contributed by atoms with Gasteiger partial charge in [0.1, 0.15) is 5.75 Å². The lowest BCUT2D eigenvalue weighted by Crippen LogP contribution is -2.33. The summed E-state index contributed by atoms with van der Waals surface area (Å²) >= 11 is 0. The molecule has 0 aliphatic carbocycles. The van der Waals surface area contributed by atoms with E-state index in [0.29, 0.717) is 25.3 Å². The quantitative estimate of drug-likeness (QED) is 0.865. The Balaban J connectivity index is 1.76. The first-order chi connectivity index (χ1) is 9.98. The second kappa shape index (κ2) is 6.80. The summed E-state index contributed by atoms with van der Waals surface area (Å²) in [7, 11) is -2.90. The van der Waals surface area contributed by atoms with Crippen molar-refractivity contribution < 1.29 is 17.9 Å². The van der Waals surface area contributed by atoms with Gasteiger partial charge >= 0.3 is 6.03 Å². The lowest BCUT2D eigenvalue weighted by atomic mass is 10.1. The maximum Gasteiger partial charge on any atom is 0.319 e. The van der Waals surface area contributed by atoms with E-state index in [0.717, 1.165) is 5.75 Å². The van der Waals surface area contributed by atoms with Crippen LogP contribution in [0.2, 0.25) is 0 Å². The highest BCUT2D eigenvalue weighted by molar-refractivity contribution is 7.91. The third kappa shape index (κ3) is 4.93. The first-order valence-corrected chi connectivity index (χ1v) is 8.79. The van der Waals surface area contributed by atoms with Crippen LogP contribution in [0.3, 0.4) is 0 Å². The Labute approximate surface area is 124 Å². The zero-order valence-electron chi connectivity index (χ0n) is 12.0. The Hall–Kier alpha value is -1.76. The summed E-state index contributed by atoms with van der Waals surface area (Å²) < 4.78 is 28.0. The molecule has 2 amide bonds. The van der Waals surface area contributed by atoms with Crippen LogP contribution in [-0.2, 0) is 9.84 Å². The van der Waals surface area contributed by atoms with Crippen molar-refractivity contribution in [2.45, 2.75) is 13.3 Å². The van der Waals surface area contributed by atoms with Gasteiger partial charge in [-0.05, 0) is 43.5 Å². The van der Waals surface area contributed by atoms with Gasteiger partial charge < -0.3 is 15.4 Å². The van der Waals surface area contributed by atoms with Gasteiger partial charge in [-0.1, -0.05) is 0 Å². The highest BCUT2D eigenvalue weighted by Gasteiger charge is 2.27. The van der Waals surface area contributed by atoms with E-state index in [-0.39, 0.29) is 23.5 Å². The van der Waals surface area contributed by atoms with E-state index in [2.05, 4.69) is 10.6 Å². The van der Waals surface area contributed by atoms with Crippen molar-refractivity contribution >= 4 is 21.6 Å². The van der Waals surface area contributed by atoms with Gasteiger partial charge in [-0.3, -0.25) is 0 Å². The molecule has 116 valence electrons. The highest BCUT2D eigenvalue weighted by atomic mass is 32.2. The largest absolute Gasteiger partial charge is 0.494 e. The van der Waals surface area contributed by atoms with Crippen LogP contribution in [0.5, 0.6) is 5.75 Å². The van der Waals surface area contributed by atoms with E-state index >= 15 is 0 Å². The number of ether oxygens (including phenoxy) is 1. The Morgan fingerprint density at radius 1 is 1.33 bits per heavy atom. The predicted molar refractivity (Wildman–Crippen MR) is 81.4 cm³/mol. The number of carbonyl (C=O) groups excluding carboxylic acids is 1. The monoisotopic (exact) mass is 312 g/mol. The van der Waals surface area contributed by atoms with Crippen molar-refractivity contribution in [3.63, 3.8) is 0 Å². The van der Waals surface area contributed by atoms with Gasteiger partial charge in [-0.2, -0.15) is 0 Å². The van der Waals surface area contributed by atoms with E-state index in [9.17, 15) is 13.2 Å². The average molecular weight is 312 g/mol. The summed E-state index contributed by atoms with van der Waals surface area (Å²) in [6.45, 7) is 2.88. The van der Waals surface area contributed by atoms with E-state index in [1.54, 1.807) is 24.3 Å².